The molecule has 0 spiro atoms. The van der Waals surface area contributed by atoms with Gasteiger partial charge in [0.05, 0.1) is 30.4 Å². The third-order valence-electron chi connectivity index (χ3n) is 4.70. The highest BCUT2D eigenvalue weighted by Crippen LogP contribution is 2.22. The minimum atomic E-state index is -0.157. The lowest BCUT2D eigenvalue weighted by atomic mass is 10.1. The Kier molecular flexibility index (Phi) is 6.65. The molecule has 0 aliphatic heterocycles. The molecule has 148 valence electrons. The van der Waals surface area contributed by atoms with Gasteiger partial charge in [0.2, 0.25) is 0 Å². The number of amides is 1. The average molecular weight is 399 g/mol. The van der Waals surface area contributed by atoms with E-state index in [0.717, 1.165) is 26.3 Å². The molecule has 0 saturated heterocycles. The molecule has 0 radical (unpaired) electrons. The van der Waals surface area contributed by atoms with Crippen LogP contribution in [0.2, 0.25) is 0 Å². The largest absolute Gasteiger partial charge is 0.497 e. The normalized spacial score (nSPS) is 11.9. The first-order valence-corrected chi connectivity index (χ1v) is 10.2. The molecule has 0 aliphatic carbocycles. The Morgan fingerprint density at radius 2 is 1.86 bits per heavy atom. The molecule has 0 saturated carbocycles. The summed E-state index contributed by atoms with van der Waals surface area (Å²) in [6.07, 6.45) is 0.266. The second kappa shape index (κ2) is 9.17. The molecular weight excluding hydrogens is 372 g/mol. The minimum absolute atomic E-state index is 0.157. The molecular formula is C22H26N2O3S. The molecule has 0 aliphatic rings. The monoisotopic (exact) mass is 398 g/mol. The number of fused-ring (bicyclic) bond motifs is 1. The van der Waals surface area contributed by atoms with Crippen molar-refractivity contribution in [2.75, 3.05) is 20.3 Å². The first kappa shape index (κ1) is 20.3. The van der Waals surface area contributed by atoms with E-state index < -0.39 is 0 Å². The van der Waals surface area contributed by atoms with Crippen LogP contribution in [0.1, 0.15) is 23.6 Å². The lowest BCUT2D eigenvalue weighted by molar-refractivity contribution is -0.117. The van der Waals surface area contributed by atoms with Crippen LogP contribution in [0.15, 0.2) is 41.4 Å². The van der Waals surface area contributed by atoms with E-state index in [4.69, 9.17) is 9.47 Å². The van der Waals surface area contributed by atoms with Gasteiger partial charge in [0, 0.05) is 13.2 Å². The molecule has 3 rings (SSSR count). The van der Waals surface area contributed by atoms with Gasteiger partial charge in [-0.05, 0) is 61.7 Å². The van der Waals surface area contributed by atoms with E-state index in [9.17, 15) is 4.79 Å². The molecule has 0 atom stereocenters. The van der Waals surface area contributed by atoms with Gasteiger partial charge in [0.1, 0.15) is 5.75 Å². The van der Waals surface area contributed by atoms with Crippen LogP contribution in [-0.2, 0) is 22.5 Å². The van der Waals surface area contributed by atoms with Gasteiger partial charge in [-0.2, -0.15) is 4.99 Å². The second-order valence-corrected chi connectivity index (χ2v) is 7.68. The van der Waals surface area contributed by atoms with Crippen LogP contribution in [-0.4, -0.2) is 30.8 Å². The van der Waals surface area contributed by atoms with Gasteiger partial charge >= 0.3 is 0 Å². The predicted octanol–water partition coefficient (Wildman–Crippen LogP) is 4.03. The highest BCUT2D eigenvalue weighted by Gasteiger charge is 2.10. The van der Waals surface area contributed by atoms with E-state index in [1.165, 1.54) is 11.1 Å². The van der Waals surface area contributed by atoms with Crippen molar-refractivity contribution in [2.24, 2.45) is 4.99 Å². The number of hydrogen-bond donors (Lipinski definition) is 0. The van der Waals surface area contributed by atoms with Crippen LogP contribution in [0.3, 0.4) is 0 Å². The quantitative estimate of drug-likeness (QED) is 0.565. The summed E-state index contributed by atoms with van der Waals surface area (Å²) < 4.78 is 13.9. The van der Waals surface area contributed by atoms with Gasteiger partial charge in [-0.1, -0.05) is 23.5 Å². The number of rotatable bonds is 7. The number of carbonyl (C=O) groups excluding carboxylic acids is 1. The van der Waals surface area contributed by atoms with E-state index in [-0.39, 0.29) is 12.3 Å². The number of carbonyl (C=O) groups is 1. The third kappa shape index (κ3) is 4.69. The Labute approximate surface area is 169 Å². The van der Waals surface area contributed by atoms with Gasteiger partial charge in [0.25, 0.3) is 5.91 Å². The van der Waals surface area contributed by atoms with Crippen molar-refractivity contribution < 1.29 is 14.3 Å². The number of thiazole rings is 1. The van der Waals surface area contributed by atoms with Crippen molar-refractivity contribution in [1.29, 1.82) is 0 Å². The summed E-state index contributed by atoms with van der Waals surface area (Å²) in [6, 6.07) is 11.8. The maximum absolute atomic E-state index is 12.6. The SMILES string of the molecule is CCOCCn1c(=NC(=O)Cc2ccc(OC)cc2)sc2cc(C)c(C)cc21. The van der Waals surface area contributed by atoms with Crippen molar-refractivity contribution in [1.82, 2.24) is 4.57 Å². The van der Waals surface area contributed by atoms with Gasteiger partial charge in [-0.15, -0.1) is 0 Å². The first-order valence-electron chi connectivity index (χ1n) is 9.40. The molecule has 6 heteroatoms. The van der Waals surface area contributed by atoms with Crippen molar-refractivity contribution in [2.45, 2.75) is 33.7 Å². The lowest BCUT2D eigenvalue weighted by Crippen LogP contribution is -2.20. The molecule has 28 heavy (non-hydrogen) atoms. The summed E-state index contributed by atoms with van der Waals surface area (Å²) in [4.78, 5) is 17.7. The fraction of sp³-hybridized carbons (Fsp3) is 0.364. The molecule has 1 heterocycles. The van der Waals surface area contributed by atoms with E-state index in [1.807, 2.05) is 31.2 Å². The van der Waals surface area contributed by atoms with Crippen LogP contribution in [0.5, 0.6) is 5.75 Å². The molecule has 3 aromatic rings. The molecule has 5 nitrogen and oxygen atoms in total. The number of benzene rings is 2. The van der Waals surface area contributed by atoms with E-state index in [1.54, 1.807) is 18.4 Å². The number of nitrogens with zero attached hydrogens (tertiary/aromatic N) is 2. The summed E-state index contributed by atoms with van der Waals surface area (Å²) in [5, 5.41) is 0. The molecule has 2 aromatic carbocycles. The highest BCUT2D eigenvalue weighted by atomic mass is 32.1. The number of aromatic nitrogens is 1. The van der Waals surface area contributed by atoms with Crippen molar-refractivity contribution in [3.8, 4) is 5.75 Å². The summed E-state index contributed by atoms with van der Waals surface area (Å²) in [7, 11) is 1.63. The highest BCUT2D eigenvalue weighted by molar-refractivity contribution is 7.16. The first-order chi connectivity index (χ1) is 13.5. The number of aryl methyl sites for hydroxylation is 2. The Hall–Kier alpha value is -2.44. The predicted molar refractivity (Wildman–Crippen MR) is 113 cm³/mol. The minimum Gasteiger partial charge on any atom is -0.497 e. The van der Waals surface area contributed by atoms with Crippen molar-refractivity contribution in [3.63, 3.8) is 0 Å². The van der Waals surface area contributed by atoms with Gasteiger partial charge < -0.3 is 14.0 Å². The van der Waals surface area contributed by atoms with Gasteiger partial charge in [-0.3, -0.25) is 4.79 Å². The fourth-order valence-corrected chi connectivity index (χ4v) is 4.14. The lowest BCUT2D eigenvalue weighted by Gasteiger charge is -2.07. The van der Waals surface area contributed by atoms with Gasteiger partial charge in [-0.25, -0.2) is 0 Å². The van der Waals surface area contributed by atoms with Crippen LogP contribution >= 0.6 is 11.3 Å². The molecule has 0 bridgehead atoms. The summed E-state index contributed by atoms with van der Waals surface area (Å²) in [5.41, 5.74) is 4.49. The third-order valence-corrected chi connectivity index (χ3v) is 5.74. The molecule has 0 N–H and O–H groups in total. The smallest absolute Gasteiger partial charge is 0.252 e. The fourth-order valence-electron chi connectivity index (χ4n) is 2.99. The summed E-state index contributed by atoms with van der Waals surface area (Å²) >= 11 is 1.55. The Bertz CT molecular complexity index is 1030. The van der Waals surface area contributed by atoms with Crippen LogP contribution in [0.25, 0.3) is 10.2 Å². The zero-order chi connectivity index (χ0) is 20.1. The number of hydrogen-bond acceptors (Lipinski definition) is 4. The standard InChI is InChI=1S/C22H26N2O3S/c1-5-27-11-10-24-19-12-15(2)16(3)13-20(19)28-22(24)23-21(25)14-17-6-8-18(26-4)9-7-17/h6-9,12-13H,5,10-11,14H2,1-4H3. The Balaban J connectivity index is 1.94. The van der Waals surface area contributed by atoms with E-state index in [2.05, 4.69) is 35.5 Å². The van der Waals surface area contributed by atoms with Gasteiger partial charge in [0.15, 0.2) is 4.80 Å². The van der Waals surface area contributed by atoms with Crippen LogP contribution < -0.4 is 9.54 Å². The topological polar surface area (TPSA) is 52.8 Å². The maximum Gasteiger partial charge on any atom is 0.252 e. The molecule has 1 amide bonds. The van der Waals surface area contributed by atoms with Crippen molar-refractivity contribution >= 4 is 27.5 Å². The summed E-state index contributed by atoms with van der Waals surface area (Å²) in [5.74, 6) is 0.618. The molecule has 1 aromatic heterocycles. The molecule has 0 unspecified atom stereocenters. The second-order valence-electron chi connectivity index (χ2n) is 6.67. The zero-order valence-corrected chi connectivity index (χ0v) is 17.6. The van der Waals surface area contributed by atoms with Crippen LogP contribution in [0.4, 0.5) is 0 Å². The Morgan fingerprint density at radius 1 is 1.14 bits per heavy atom. The van der Waals surface area contributed by atoms with E-state index in [0.29, 0.717) is 19.8 Å². The number of ether oxygens (including phenoxy) is 2. The maximum atomic E-state index is 12.6. The van der Waals surface area contributed by atoms with Crippen LogP contribution in [0, 0.1) is 13.8 Å². The van der Waals surface area contributed by atoms with Crippen molar-refractivity contribution in [3.05, 3.63) is 57.9 Å². The average Bonchev–Trinajstić information content (AvgIpc) is 2.99. The summed E-state index contributed by atoms with van der Waals surface area (Å²) in [6.45, 7) is 8.12. The Morgan fingerprint density at radius 3 is 2.54 bits per heavy atom. The zero-order valence-electron chi connectivity index (χ0n) is 16.8. The number of methoxy groups -OCH3 is 1. The van der Waals surface area contributed by atoms with E-state index >= 15 is 0 Å². The molecule has 0 fully saturated rings.